The smallest absolute Gasteiger partial charge is 0.261 e. The fourth-order valence-electron chi connectivity index (χ4n) is 5.04. The van der Waals surface area contributed by atoms with Gasteiger partial charge in [0.15, 0.2) is 0 Å². The molecule has 5 rings (SSSR count). The number of rotatable bonds is 6. The van der Waals surface area contributed by atoms with E-state index in [1.165, 1.54) is 22.4 Å². The highest BCUT2D eigenvalue weighted by atomic mass is 16.5. The lowest BCUT2D eigenvalue weighted by atomic mass is 9.86. The molecule has 2 heterocycles. The molecule has 1 unspecified atom stereocenters. The van der Waals surface area contributed by atoms with Crippen LogP contribution in [0.5, 0.6) is 5.75 Å². The average Bonchev–Trinajstić information content (AvgIpc) is 3.07. The van der Waals surface area contributed by atoms with E-state index in [0.717, 1.165) is 44.9 Å². The summed E-state index contributed by atoms with van der Waals surface area (Å²) >= 11 is 0. The van der Waals surface area contributed by atoms with E-state index in [2.05, 4.69) is 17.0 Å². The molecule has 0 radical (unpaired) electrons. The zero-order valence-corrected chi connectivity index (χ0v) is 17.7. The van der Waals surface area contributed by atoms with Crippen LogP contribution < -0.4 is 4.74 Å². The summed E-state index contributed by atoms with van der Waals surface area (Å²) in [7, 11) is 0. The minimum absolute atomic E-state index is 0.203. The van der Waals surface area contributed by atoms with Crippen LogP contribution in [0.4, 0.5) is 0 Å². The maximum absolute atomic E-state index is 12.5. The highest BCUT2D eigenvalue weighted by molar-refractivity contribution is 6.21. The van der Waals surface area contributed by atoms with Crippen LogP contribution in [0.3, 0.4) is 0 Å². The molecule has 0 N–H and O–H groups in total. The Morgan fingerprint density at radius 2 is 1.71 bits per heavy atom. The van der Waals surface area contributed by atoms with Crippen molar-refractivity contribution in [3.8, 4) is 5.75 Å². The largest absolute Gasteiger partial charge is 0.493 e. The molecule has 2 aromatic rings. The second-order valence-electron chi connectivity index (χ2n) is 8.39. The Morgan fingerprint density at radius 3 is 2.45 bits per heavy atom. The van der Waals surface area contributed by atoms with Crippen molar-refractivity contribution in [2.24, 2.45) is 0 Å². The molecule has 31 heavy (non-hydrogen) atoms. The van der Waals surface area contributed by atoms with Crippen molar-refractivity contribution >= 4 is 11.8 Å². The lowest BCUT2D eigenvalue weighted by Gasteiger charge is -2.38. The van der Waals surface area contributed by atoms with Crippen LogP contribution in [-0.2, 0) is 11.2 Å². The van der Waals surface area contributed by atoms with E-state index in [0.29, 0.717) is 36.7 Å². The third kappa shape index (κ3) is 3.86. The molecule has 1 aliphatic carbocycles. The predicted octanol–water partition coefficient (Wildman–Crippen LogP) is 3.46. The van der Waals surface area contributed by atoms with Gasteiger partial charge in [0, 0.05) is 25.7 Å². The zero-order chi connectivity index (χ0) is 21.2. The second-order valence-corrected chi connectivity index (χ2v) is 8.39. The first-order valence-corrected chi connectivity index (χ1v) is 11.3. The molecule has 1 atom stereocenters. The topological polar surface area (TPSA) is 59.1 Å². The molecule has 6 nitrogen and oxygen atoms in total. The third-order valence-corrected chi connectivity index (χ3v) is 6.58. The normalized spacial score (nSPS) is 21.2. The minimum atomic E-state index is -0.203. The fourth-order valence-corrected chi connectivity index (χ4v) is 5.04. The average molecular weight is 421 g/mol. The summed E-state index contributed by atoms with van der Waals surface area (Å²) in [5.41, 5.74) is 3.69. The van der Waals surface area contributed by atoms with Gasteiger partial charge in [-0.3, -0.25) is 19.4 Å². The number of nitrogens with zero attached hydrogens (tertiary/aromatic N) is 2. The van der Waals surface area contributed by atoms with Crippen LogP contribution in [-0.4, -0.2) is 61.1 Å². The highest BCUT2D eigenvalue weighted by Crippen LogP contribution is 2.39. The van der Waals surface area contributed by atoms with Crippen molar-refractivity contribution in [3.05, 3.63) is 64.7 Å². The number of carbonyl (C=O) groups is 2. The molecular weight excluding hydrogens is 392 g/mol. The standard InChI is InChI=1S/C25H28N2O4/c28-24-20-6-1-2-7-21(20)25(29)27(24)12-5-15-31-23-11-4-8-18-19(23)9-3-10-22(18)26-13-16-30-17-14-26/h1-2,4,6-8,11,22H,3,5,9-10,12-17H2. The molecule has 0 aromatic heterocycles. The van der Waals surface area contributed by atoms with E-state index < -0.39 is 0 Å². The van der Waals surface area contributed by atoms with Gasteiger partial charge in [-0.05, 0) is 55.0 Å². The van der Waals surface area contributed by atoms with Gasteiger partial charge in [0.1, 0.15) is 5.75 Å². The molecule has 1 saturated heterocycles. The van der Waals surface area contributed by atoms with Gasteiger partial charge in [-0.25, -0.2) is 0 Å². The third-order valence-electron chi connectivity index (χ3n) is 6.58. The van der Waals surface area contributed by atoms with Crippen molar-refractivity contribution in [1.82, 2.24) is 9.80 Å². The van der Waals surface area contributed by atoms with Gasteiger partial charge in [0.25, 0.3) is 11.8 Å². The number of morpholine rings is 1. The maximum Gasteiger partial charge on any atom is 0.261 e. The quantitative estimate of drug-likeness (QED) is 0.529. The van der Waals surface area contributed by atoms with E-state index in [9.17, 15) is 9.59 Å². The molecule has 2 aromatic carbocycles. The van der Waals surface area contributed by atoms with Gasteiger partial charge < -0.3 is 9.47 Å². The fraction of sp³-hybridized carbons (Fsp3) is 0.440. The molecule has 3 aliphatic rings. The lowest BCUT2D eigenvalue weighted by Crippen LogP contribution is -2.40. The first-order valence-electron chi connectivity index (χ1n) is 11.3. The summed E-state index contributed by atoms with van der Waals surface area (Å²) in [6, 6.07) is 13.8. The Kier molecular flexibility index (Phi) is 5.74. The summed E-state index contributed by atoms with van der Waals surface area (Å²) in [4.78, 5) is 28.9. The number of fused-ring (bicyclic) bond motifs is 2. The van der Waals surface area contributed by atoms with Gasteiger partial charge >= 0.3 is 0 Å². The van der Waals surface area contributed by atoms with Crippen molar-refractivity contribution in [1.29, 1.82) is 0 Å². The van der Waals surface area contributed by atoms with Crippen LogP contribution in [0.2, 0.25) is 0 Å². The summed E-state index contributed by atoms with van der Waals surface area (Å²) in [6.07, 6.45) is 3.98. The van der Waals surface area contributed by atoms with Crippen molar-refractivity contribution in [2.75, 3.05) is 39.5 Å². The summed E-state index contributed by atoms with van der Waals surface area (Å²) in [5, 5.41) is 0. The number of hydrogen-bond donors (Lipinski definition) is 0. The molecule has 0 bridgehead atoms. The monoisotopic (exact) mass is 420 g/mol. The Hall–Kier alpha value is -2.70. The van der Waals surface area contributed by atoms with Crippen molar-refractivity contribution < 1.29 is 19.1 Å². The van der Waals surface area contributed by atoms with E-state index in [4.69, 9.17) is 9.47 Å². The van der Waals surface area contributed by atoms with Gasteiger partial charge in [0.2, 0.25) is 0 Å². The Labute approximate surface area is 182 Å². The Bertz CT molecular complexity index is 948. The Balaban J connectivity index is 1.21. The molecule has 0 saturated carbocycles. The minimum Gasteiger partial charge on any atom is -0.493 e. The summed E-state index contributed by atoms with van der Waals surface area (Å²) < 4.78 is 11.7. The predicted molar refractivity (Wildman–Crippen MR) is 116 cm³/mol. The number of hydrogen-bond acceptors (Lipinski definition) is 5. The van der Waals surface area contributed by atoms with Crippen LogP contribution in [0.1, 0.15) is 57.1 Å². The van der Waals surface area contributed by atoms with Gasteiger partial charge in [-0.15, -0.1) is 0 Å². The van der Waals surface area contributed by atoms with Gasteiger partial charge in [-0.1, -0.05) is 24.3 Å². The number of ether oxygens (including phenoxy) is 2. The van der Waals surface area contributed by atoms with Crippen LogP contribution in [0.25, 0.3) is 0 Å². The number of amides is 2. The Morgan fingerprint density at radius 1 is 0.968 bits per heavy atom. The molecular formula is C25H28N2O4. The lowest BCUT2D eigenvalue weighted by molar-refractivity contribution is 0.0123. The van der Waals surface area contributed by atoms with Gasteiger partial charge in [-0.2, -0.15) is 0 Å². The van der Waals surface area contributed by atoms with E-state index in [1.807, 2.05) is 6.07 Å². The number of benzene rings is 2. The molecule has 1 fully saturated rings. The van der Waals surface area contributed by atoms with Crippen LogP contribution in [0, 0.1) is 0 Å². The number of imide groups is 1. The van der Waals surface area contributed by atoms with Crippen LogP contribution in [0.15, 0.2) is 42.5 Å². The van der Waals surface area contributed by atoms with E-state index in [1.54, 1.807) is 24.3 Å². The van der Waals surface area contributed by atoms with Gasteiger partial charge in [0.05, 0.1) is 30.9 Å². The first-order chi connectivity index (χ1) is 15.2. The van der Waals surface area contributed by atoms with Crippen LogP contribution >= 0.6 is 0 Å². The van der Waals surface area contributed by atoms with Crippen molar-refractivity contribution in [2.45, 2.75) is 31.7 Å². The van der Waals surface area contributed by atoms with Crippen molar-refractivity contribution in [3.63, 3.8) is 0 Å². The maximum atomic E-state index is 12.5. The van der Waals surface area contributed by atoms with E-state index in [-0.39, 0.29) is 11.8 Å². The molecule has 0 spiro atoms. The highest BCUT2D eigenvalue weighted by Gasteiger charge is 2.34. The molecule has 2 aliphatic heterocycles. The summed E-state index contributed by atoms with van der Waals surface area (Å²) in [6.45, 7) is 4.43. The first kappa shape index (κ1) is 20.2. The molecule has 162 valence electrons. The zero-order valence-electron chi connectivity index (χ0n) is 17.7. The summed E-state index contributed by atoms with van der Waals surface area (Å²) in [5.74, 6) is 0.537. The number of carbonyl (C=O) groups excluding carboxylic acids is 2. The molecule has 2 amide bonds. The molecule has 6 heteroatoms. The SMILES string of the molecule is O=C1c2ccccc2C(=O)N1CCCOc1cccc2c1CCCC2N1CCOCC1. The second kappa shape index (κ2) is 8.81. The van der Waals surface area contributed by atoms with E-state index >= 15 is 0 Å².